The number of hydrogen-bond acceptors (Lipinski definition) is 3. The summed E-state index contributed by atoms with van der Waals surface area (Å²) in [5.74, 6) is 1.68. The minimum Gasteiger partial charge on any atom is -0.508 e. The van der Waals surface area contributed by atoms with E-state index in [1.165, 1.54) is 0 Å². The molecule has 2 N–H and O–H groups in total. The molecule has 0 spiro atoms. The second-order valence-electron chi connectivity index (χ2n) is 3.09. The summed E-state index contributed by atoms with van der Waals surface area (Å²) < 4.78 is 5.47. The summed E-state index contributed by atoms with van der Waals surface area (Å²) in [6.07, 6.45) is 0. The molecule has 0 radical (unpaired) electrons. The van der Waals surface area contributed by atoms with Crippen molar-refractivity contribution >= 4 is 0 Å². The number of ether oxygens (including phenoxy) is 1. The summed E-state index contributed by atoms with van der Waals surface area (Å²) in [7, 11) is 0. The average molecular weight is 262 g/mol. The lowest BCUT2D eigenvalue weighted by atomic mass is 10.3. The van der Waals surface area contributed by atoms with Crippen LogP contribution in [0.15, 0.2) is 48.5 Å². The molecule has 0 atom stereocenters. The molecule has 0 aliphatic heterocycles. The smallest absolute Gasteiger partial charge is 0.127 e. The summed E-state index contributed by atoms with van der Waals surface area (Å²) in [4.78, 5) is 0. The van der Waals surface area contributed by atoms with Crippen molar-refractivity contribution < 1.29 is 14.9 Å². The van der Waals surface area contributed by atoms with E-state index < -0.39 is 0 Å². The molecule has 0 aromatic heterocycles. The van der Waals surface area contributed by atoms with Crippen molar-refractivity contribution in [3.63, 3.8) is 0 Å². The number of hydrogen-bond donors (Lipinski definition) is 2. The highest BCUT2D eigenvalue weighted by atomic mass is 16.5. The molecule has 0 aliphatic carbocycles. The molecule has 3 nitrogen and oxygen atoms in total. The van der Waals surface area contributed by atoms with E-state index in [0.29, 0.717) is 11.5 Å². The normalized spacial score (nSPS) is 8.42. The number of benzene rings is 2. The standard InChI is InChI=1S/C12H10O3.2C2H6/c13-9-1-5-11(6-2-9)15-12-7-3-10(14)4-8-12;2*1-2/h1-8,13-14H;2*1-2H3. The van der Waals surface area contributed by atoms with Crippen LogP contribution < -0.4 is 4.74 Å². The van der Waals surface area contributed by atoms with Crippen molar-refractivity contribution in [2.75, 3.05) is 0 Å². The maximum absolute atomic E-state index is 9.07. The minimum absolute atomic E-state index is 0.202. The van der Waals surface area contributed by atoms with Crippen LogP contribution in [0.4, 0.5) is 0 Å². The van der Waals surface area contributed by atoms with Crippen molar-refractivity contribution in [2.24, 2.45) is 0 Å². The minimum atomic E-state index is 0.202. The third-order valence-electron chi connectivity index (χ3n) is 1.91. The van der Waals surface area contributed by atoms with Crippen LogP contribution in [0, 0.1) is 0 Å². The lowest BCUT2D eigenvalue weighted by Gasteiger charge is -2.05. The molecule has 0 fully saturated rings. The molecule has 2 rings (SSSR count). The van der Waals surface area contributed by atoms with Gasteiger partial charge in [-0.3, -0.25) is 0 Å². The molecule has 19 heavy (non-hydrogen) atoms. The predicted octanol–water partition coefficient (Wildman–Crippen LogP) is 4.94. The van der Waals surface area contributed by atoms with E-state index >= 15 is 0 Å². The Kier molecular flexibility index (Phi) is 8.71. The highest BCUT2D eigenvalue weighted by molar-refractivity contribution is 5.36. The molecular formula is C16H22O3. The van der Waals surface area contributed by atoms with Crippen LogP contribution in [-0.2, 0) is 0 Å². The fraction of sp³-hybridized carbons (Fsp3) is 0.250. The molecule has 0 heterocycles. The summed E-state index contributed by atoms with van der Waals surface area (Å²) >= 11 is 0. The van der Waals surface area contributed by atoms with Gasteiger partial charge in [0.05, 0.1) is 0 Å². The molecular weight excluding hydrogens is 240 g/mol. The summed E-state index contributed by atoms with van der Waals surface area (Å²) in [5, 5.41) is 18.1. The lowest BCUT2D eigenvalue weighted by Crippen LogP contribution is -1.82. The van der Waals surface area contributed by atoms with E-state index in [1.54, 1.807) is 48.5 Å². The van der Waals surface area contributed by atoms with Crippen LogP contribution in [0.3, 0.4) is 0 Å². The molecule has 0 amide bonds. The Morgan fingerprint density at radius 3 is 1.11 bits per heavy atom. The van der Waals surface area contributed by atoms with Crippen LogP contribution >= 0.6 is 0 Å². The van der Waals surface area contributed by atoms with Crippen LogP contribution in [-0.4, -0.2) is 10.2 Å². The van der Waals surface area contributed by atoms with E-state index in [1.807, 2.05) is 27.7 Å². The third kappa shape index (κ3) is 6.36. The zero-order chi connectivity index (χ0) is 14.7. The topological polar surface area (TPSA) is 49.7 Å². The monoisotopic (exact) mass is 262 g/mol. The van der Waals surface area contributed by atoms with Gasteiger partial charge in [-0.15, -0.1) is 0 Å². The lowest BCUT2D eigenvalue weighted by molar-refractivity contribution is 0.459. The van der Waals surface area contributed by atoms with Gasteiger partial charge in [-0.25, -0.2) is 0 Å². The second-order valence-corrected chi connectivity index (χ2v) is 3.09. The molecule has 3 heteroatoms. The summed E-state index contributed by atoms with van der Waals surface area (Å²) in [5.41, 5.74) is 0. The van der Waals surface area contributed by atoms with E-state index in [9.17, 15) is 0 Å². The number of phenolic OH excluding ortho intramolecular Hbond substituents is 2. The molecule has 0 aliphatic rings. The van der Waals surface area contributed by atoms with Gasteiger partial charge in [-0.05, 0) is 48.5 Å². The molecule has 0 unspecified atom stereocenters. The first-order valence-electron chi connectivity index (χ1n) is 6.50. The number of phenols is 2. The van der Waals surface area contributed by atoms with Gasteiger partial charge >= 0.3 is 0 Å². The molecule has 0 saturated heterocycles. The number of aromatic hydroxyl groups is 2. The first-order chi connectivity index (χ1) is 9.24. The predicted molar refractivity (Wildman–Crippen MR) is 79.0 cm³/mol. The Hall–Kier alpha value is -2.16. The van der Waals surface area contributed by atoms with E-state index in [0.717, 1.165) is 0 Å². The average Bonchev–Trinajstić information content (AvgIpc) is 2.48. The van der Waals surface area contributed by atoms with Crippen molar-refractivity contribution in [3.05, 3.63) is 48.5 Å². The molecule has 2 aromatic carbocycles. The molecule has 104 valence electrons. The van der Waals surface area contributed by atoms with Crippen LogP contribution in [0.2, 0.25) is 0 Å². The SMILES string of the molecule is CC.CC.Oc1ccc(Oc2ccc(O)cc2)cc1. The van der Waals surface area contributed by atoms with E-state index in [-0.39, 0.29) is 11.5 Å². The quantitative estimate of drug-likeness (QED) is 0.805. The highest BCUT2D eigenvalue weighted by Crippen LogP contribution is 2.24. The van der Waals surface area contributed by atoms with Crippen molar-refractivity contribution in [1.29, 1.82) is 0 Å². The second kappa shape index (κ2) is 9.83. The van der Waals surface area contributed by atoms with Gasteiger partial charge in [0.25, 0.3) is 0 Å². The van der Waals surface area contributed by atoms with E-state index in [2.05, 4.69) is 0 Å². The maximum Gasteiger partial charge on any atom is 0.127 e. The highest BCUT2D eigenvalue weighted by Gasteiger charge is 1.97. The van der Waals surface area contributed by atoms with Crippen LogP contribution in [0.5, 0.6) is 23.0 Å². The maximum atomic E-state index is 9.07. The van der Waals surface area contributed by atoms with Gasteiger partial charge in [0.1, 0.15) is 23.0 Å². The first-order valence-corrected chi connectivity index (χ1v) is 6.50. The Labute approximate surface area is 115 Å². The molecule has 0 saturated carbocycles. The van der Waals surface area contributed by atoms with Gasteiger partial charge in [0, 0.05) is 0 Å². The number of rotatable bonds is 2. The Balaban J connectivity index is 0.000000741. The van der Waals surface area contributed by atoms with Gasteiger partial charge in [0.2, 0.25) is 0 Å². The van der Waals surface area contributed by atoms with Crippen LogP contribution in [0.25, 0.3) is 0 Å². The zero-order valence-corrected chi connectivity index (χ0v) is 11.9. The van der Waals surface area contributed by atoms with Gasteiger partial charge in [-0.2, -0.15) is 0 Å². The molecule has 2 aromatic rings. The fourth-order valence-corrected chi connectivity index (χ4v) is 1.16. The van der Waals surface area contributed by atoms with Crippen molar-refractivity contribution in [1.82, 2.24) is 0 Å². The van der Waals surface area contributed by atoms with Crippen molar-refractivity contribution in [2.45, 2.75) is 27.7 Å². The van der Waals surface area contributed by atoms with Gasteiger partial charge < -0.3 is 14.9 Å². The summed E-state index contributed by atoms with van der Waals surface area (Å²) in [6.45, 7) is 8.00. The summed E-state index contributed by atoms with van der Waals surface area (Å²) in [6, 6.07) is 12.9. The first kappa shape index (κ1) is 16.8. The van der Waals surface area contributed by atoms with Gasteiger partial charge in [0.15, 0.2) is 0 Å². The molecule has 0 bridgehead atoms. The third-order valence-corrected chi connectivity index (χ3v) is 1.91. The zero-order valence-electron chi connectivity index (χ0n) is 11.9. The van der Waals surface area contributed by atoms with Crippen molar-refractivity contribution in [3.8, 4) is 23.0 Å². The van der Waals surface area contributed by atoms with E-state index in [4.69, 9.17) is 14.9 Å². The Bertz CT molecular complexity index is 389. The van der Waals surface area contributed by atoms with Gasteiger partial charge in [-0.1, -0.05) is 27.7 Å². The largest absolute Gasteiger partial charge is 0.508 e. The fourth-order valence-electron chi connectivity index (χ4n) is 1.16. The Morgan fingerprint density at radius 1 is 0.579 bits per heavy atom. The van der Waals surface area contributed by atoms with Crippen LogP contribution in [0.1, 0.15) is 27.7 Å². The Morgan fingerprint density at radius 2 is 0.842 bits per heavy atom.